The summed E-state index contributed by atoms with van der Waals surface area (Å²) in [7, 11) is 0. The standard InChI is InChI=1S/C24H26N2O5/c27-17-24(12-14-31-18-7-2-1-3-8-18)11-6-13-25(16-24)21(28)15-26-22(29)19-9-4-5-10-20(19)23(26)30/h1-5,7-10,27H,6,11-17H2/t24-/m0/s1. The van der Waals surface area contributed by atoms with Crippen LogP contribution in [0.4, 0.5) is 0 Å². The van der Waals surface area contributed by atoms with Crippen molar-refractivity contribution in [3.8, 4) is 5.75 Å². The Morgan fingerprint density at radius 2 is 1.65 bits per heavy atom. The highest BCUT2D eigenvalue weighted by Crippen LogP contribution is 2.34. The maximum Gasteiger partial charge on any atom is 0.262 e. The molecular weight excluding hydrogens is 396 g/mol. The van der Waals surface area contributed by atoms with Crippen LogP contribution in [0.1, 0.15) is 40.0 Å². The number of ether oxygens (including phenoxy) is 1. The molecule has 2 aromatic carbocycles. The number of hydrogen-bond donors (Lipinski definition) is 1. The lowest BCUT2D eigenvalue weighted by atomic mass is 9.78. The summed E-state index contributed by atoms with van der Waals surface area (Å²) >= 11 is 0. The van der Waals surface area contributed by atoms with Gasteiger partial charge in [0.1, 0.15) is 12.3 Å². The summed E-state index contributed by atoms with van der Waals surface area (Å²) in [6.07, 6.45) is 2.15. The van der Waals surface area contributed by atoms with E-state index in [9.17, 15) is 19.5 Å². The molecule has 2 heterocycles. The lowest BCUT2D eigenvalue weighted by Crippen LogP contribution is -2.51. The molecule has 0 unspecified atom stereocenters. The summed E-state index contributed by atoms with van der Waals surface area (Å²) in [5, 5.41) is 10.1. The molecule has 4 rings (SSSR count). The first-order valence-corrected chi connectivity index (χ1v) is 10.5. The number of aliphatic hydroxyl groups excluding tert-OH is 1. The Labute approximate surface area is 181 Å². The average molecular weight is 422 g/mol. The van der Waals surface area contributed by atoms with Gasteiger partial charge < -0.3 is 14.7 Å². The van der Waals surface area contributed by atoms with Crippen LogP contribution in [0.15, 0.2) is 54.6 Å². The molecule has 0 spiro atoms. The van der Waals surface area contributed by atoms with E-state index < -0.39 is 17.2 Å². The van der Waals surface area contributed by atoms with Crippen LogP contribution >= 0.6 is 0 Å². The van der Waals surface area contributed by atoms with E-state index in [2.05, 4.69) is 0 Å². The molecular formula is C24H26N2O5. The number of nitrogens with zero attached hydrogens (tertiary/aromatic N) is 2. The summed E-state index contributed by atoms with van der Waals surface area (Å²) in [5.41, 5.74) is 0.216. The van der Waals surface area contributed by atoms with Gasteiger partial charge >= 0.3 is 0 Å². The van der Waals surface area contributed by atoms with Crippen molar-refractivity contribution in [3.63, 3.8) is 0 Å². The van der Waals surface area contributed by atoms with Crippen LogP contribution in [-0.2, 0) is 4.79 Å². The molecule has 1 fully saturated rings. The second-order valence-electron chi connectivity index (χ2n) is 8.23. The van der Waals surface area contributed by atoms with Crippen molar-refractivity contribution in [2.75, 3.05) is 32.8 Å². The Kier molecular flexibility index (Phi) is 6.04. The molecule has 1 N–H and O–H groups in total. The maximum absolute atomic E-state index is 13.0. The Morgan fingerprint density at radius 3 is 2.29 bits per heavy atom. The molecule has 7 nitrogen and oxygen atoms in total. The highest BCUT2D eigenvalue weighted by Gasteiger charge is 2.40. The Bertz CT molecular complexity index is 942. The van der Waals surface area contributed by atoms with Crippen molar-refractivity contribution in [1.82, 2.24) is 9.80 Å². The lowest BCUT2D eigenvalue weighted by molar-refractivity contribution is -0.136. The fourth-order valence-electron chi connectivity index (χ4n) is 4.35. The van der Waals surface area contributed by atoms with Gasteiger partial charge in [-0.05, 0) is 43.5 Å². The Balaban J connectivity index is 1.37. The minimum atomic E-state index is -0.454. The summed E-state index contributed by atoms with van der Waals surface area (Å²) in [5.74, 6) is -0.382. The summed E-state index contributed by atoms with van der Waals surface area (Å²) in [4.78, 5) is 40.8. The number of likely N-dealkylation sites (tertiary alicyclic amines) is 1. The average Bonchev–Trinajstić information content (AvgIpc) is 3.05. The van der Waals surface area contributed by atoms with Crippen LogP contribution in [0.25, 0.3) is 0 Å². The van der Waals surface area contributed by atoms with Gasteiger partial charge in [0.2, 0.25) is 5.91 Å². The van der Waals surface area contributed by atoms with Gasteiger partial charge in [0.05, 0.1) is 24.3 Å². The molecule has 1 saturated heterocycles. The first kappa shape index (κ1) is 21.1. The smallest absolute Gasteiger partial charge is 0.262 e. The normalized spacial score (nSPS) is 20.7. The van der Waals surface area contributed by atoms with Gasteiger partial charge in [-0.1, -0.05) is 30.3 Å². The molecule has 0 bridgehead atoms. The van der Waals surface area contributed by atoms with E-state index in [4.69, 9.17) is 4.74 Å². The van der Waals surface area contributed by atoms with Gasteiger partial charge in [0, 0.05) is 18.5 Å². The number of aliphatic hydroxyl groups is 1. The number of benzene rings is 2. The monoisotopic (exact) mass is 422 g/mol. The van der Waals surface area contributed by atoms with Crippen LogP contribution in [0.3, 0.4) is 0 Å². The van der Waals surface area contributed by atoms with Crippen molar-refractivity contribution in [2.45, 2.75) is 19.3 Å². The molecule has 0 aliphatic carbocycles. The van der Waals surface area contributed by atoms with Crippen molar-refractivity contribution >= 4 is 17.7 Å². The molecule has 0 aromatic heterocycles. The SMILES string of the molecule is O=C(CN1C(=O)c2ccccc2C1=O)N1CCC[C@](CO)(CCOc2ccccc2)C1. The molecule has 1 atom stereocenters. The Morgan fingerprint density at radius 1 is 1.00 bits per heavy atom. The number of carbonyl (C=O) groups is 3. The number of hydrogen-bond acceptors (Lipinski definition) is 5. The van der Waals surface area contributed by atoms with Gasteiger partial charge in [-0.25, -0.2) is 0 Å². The fourth-order valence-corrected chi connectivity index (χ4v) is 4.35. The van der Waals surface area contributed by atoms with Crippen molar-refractivity contribution in [2.24, 2.45) is 5.41 Å². The van der Waals surface area contributed by atoms with Gasteiger partial charge in [0.15, 0.2) is 0 Å². The number of amides is 3. The summed E-state index contributed by atoms with van der Waals surface area (Å²) < 4.78 is 5.79. The highest BCUT2D eigenvalue weighted by atomic mass is 16.5. The molecule has 31 heavy (non-hydrogen) atoms. The topological polar surface area (TPSA) is 87.2 Å². The minimum Gasteiger partial charge on any atom is -0.494 e. The Hall–Kier alpha value is -3.19. The van der Waals surface area contributed by atoms with E-state index in [-0.39, 0.29) is 19.1 Å². The molecule has 2 aliphatic heterocycles. The number of rotatable bonds is 7. The van der Waals surface area contributed by atoms with Gasteiger partial charge in [-0.2, -0.15) is 0 Å². The zero-order valence-electron chi connectivity index (χ0n) is 17.3. The van der Waals surface area contributed by atoms with Crippen molar-refractivity contribution in [1.29, 1.82) is 0 Å². The molecule has 0 radical (unpaired) electrons. The fraction of sp³-hybridized carbons (Fsp3) is 0.375. The van der Waals surface area contributed by atoms with E-state index >= 15 is 0 Å². The van der Waals surface area contributed by atoms with E-state index in [1.807, 2.05) is 30.3 Å². The van der Waals surface area contributed by atoms with Gasteiger partial charge in [0.25, 0.3) is 11.8 Å². The molecule has 2 aromatic rings. The third-order valence-electron chi connectivity index (χ3n) is 6.17. The number of fused-ring (bicyclic) bond motifs is 1. The number of imide groups is 1. The zero-order chi connectivity index (χ0) is 21.8. The zero-order valence-corrected chi connectivity index (χ0v) is 17.3. The van der Waals surface area contributed by atoms with Crippen molar-refractivity contribution < 1.29 is 24.2 Å². The second kappa shape index (κ2) is 8.89. The third-order valence-corrected chi connectivity index (χ3v) is 6.17. The van der Waals surface area contributed by atoms with Crippen LogP contribution in [-0.4, -0.2) is 65.5 Å². The van der Waals surface area contributed by atoms with Crippen LogP contribution < -0.4 is 4.74 Å². The van der Waals surface area contributed by atoms with E-state index in [0.717, 1.165) is 23.5 Å². The first-order chi connectivity index (χ1) is 15.0. The van der Waals surface area contributed by atoms with E-state index in [1.165, 1.54) is 0 Å². The number of piperidine rings is 1. The predicted molar refractivity (Wildman–Crippen MR) is 114 cm³/mol. The van der Waals surface area contributed by atoms with E-state index in [1.54, 1.807) is 29.2 Å². The molecule has 7 heteroatoms. The third kappa shape index (κ3) is 4.32. The quantitative estimate of drug-likeness (QED) is 0.692. The van der Waals surface area contributed by atoms with Crippen molar-refractivity contribution in [3.05, 3.63) is 65.7 Å². The predicted octanol–water partition coefficient (Wildman–Crippen LogP) is 2.35. The molecule has 3 amide bonds. The van der Waals surface area contributed by atoms with Gasteiger partial charge in [-0.3, -0.25) is 19.3 Å². The summed E-state index contributed by atoms with van der Waals surface area (Å²) in [6.45, 7) is 1.02. The highest BCUT2D eigenvalue weighted by molar-refractivity contribution is 6.22. The number of carbonyl (C=O) groups excluding carboxylic acids is 3. The maximum atomic E-state index is 13.0. The molecule has 0 saturated carbocycles. The molecule has 162 valence electrons. The molecule has 2 aliphatic rings. The second-order valence-corrected chi connectivity index (χ2v) is 8.23. The van der Waals surface area contributed by atoms with Crippen LogP contribution in [0.2, 0.25) is 0 Å². The summed E-state index contributed by atoms with van der Waals surface area (Å²) in [6, 6.07) is 16.1. The first-order valence-electron chi connectivity index (χ1n) is 10.5. The van der Waals surface area contributed by atoms with Crippen LogP contribution in [0.5, 0.6) is 5.75 Å². The number of para-hydroxylation sites is 1. The van der Waals surface area contributed by atoms with E-state index in [0.29, 0.717) is 37.2 Å². The van der Waals surface area contributed by atoms with Gasteiger partial charge in [-0.15, -0.1) is 0 Å². The lowest BCUT2D eigenvalue weighted by Gasteiger charge is -2.42. The largest absolute Gasteiger partial charge is 0.494 e. The van der Waals surface area contributed by atoms with Crippen LogP contribution in [0, 0.1) is 5.41 Å². The minimum absolute atomic E-state index is 0.0536.